The molecule has 0 bridgehead atoms. The summed E-state index contributed by atoms with van der Waals surface area (Å²) in [5, 5.41) is 13.0. The van der Waals surface area contributed by atoms with Gasteiger partial charge < -0.3 is 0 Å². The molecule has 0 saturated heterocycles. The topological polar surface area (TPSA) is 0 Å². The minimum atomic E-state index is -0.122. The molecule has 0 aromatic heterocycles. The van der Waals surface area contributed by atoms with Gasteiger partial charge in [-0.3, -0.25) is 0 Å². The van der Waals surface area contributed by atoms with Gasteiger partial charge in [-0.2, -0.15) is 0 Å². The summed E-state index contributed by atoms with van der Waals surface area (Å²) >= 11 is 0. The van der Waals surface area contributed by atoms with E-state index in [-0.39, 0.29) is 5.41 Å². The fraction of sp³-hybridized carbons (Fsp3) is 0.0638. The van der Waals surface area contributed by atoms with Gasteiger partial charge in [0.25, 0.3) is 0 Å². The van der Waals surface area contributed by atoms with Gasteiger partial charge in [0, 0.05) is 5.41 Å². The van der Waals surface area contributed by atoms with E-state index in [9.17, 15) is 0 Å². The van der Waals surface area contributed by atoms with Crippen LogP contribution in [0.3, 0.4) is 0 Å². The van der Waals surface area contributed by atoms with Gasteiger partial charge in [0.05, 0.1) is 0 Å². The molecular weight excluding hydrogens is 565 g/mol. The van der Waals surface area contributed by atoms with Crippen LogP contribution >= 0.6 is 0 Å². The summed E-state index contributed by atoms with van der Waals surface area (Å²) in [6, 6.07) is 59.0. The first kappa shape index (κ1) is 26.5. The first-order valence-electron chi connectivity index (χ1n) is 16.6. The summed E-state index contributed by atoms with van der Waals surface area (Å²) in [5.41, 5.74) is 10.5. The molecule has 0 nitrogen and oxygen atoms in total. The second kappa shape index (κ2) is 9.64. The molecule has 0 unspecified atom stereocenters. The van der Waals surface area contributed by atoms with E-state index in [1.165, 1.54) is 98.4 Å². The first-order chi connectivity index (χ1) is 23.0. The molecule has 10 rings (SSSR count). The third kappa shape index (κ3) is 3.82. The Bertz CT molecular complexity index is 2750. The maximum absolute atomic E-state index is 2.46. The SMILES string of the molecule is CC1(C)c2cc(-c3ccc4ccc5ccc6ccccc6c5c4c3)ccc2-c2ccc(-c3cc4ccccc4c4ccccc34)cc21. The predicted molar refractivity (Wildman–Crippen MR) is 202 cm³/mol. The van der Waals surface area contributed by atoms with Gasteiger partial charge in [0.15, 0.2) is 0 Å². The van der Waals surface area contributed by atoms with Crippen molar-refractivity contribution in [2.75, 3.05) is 0 Å². The highest BCUT2D eigenvalue weighted by Gasteiger charge is 2.36. The molecule has 9 aromatic rings. The van der Waals surface area contributed by atoms with Gasteiger partial charge in [-0.05, 0) is 123 Å². The molecule has 0 spiro atoms. The Morgan fingerprint density at radius 2 is 0.830 bits per heavy atom. The van der Waals surface area contributed by atoms with E-state index in [4.69, 9.17) is 0 Å². The van der Waals surface area contributed by atoms with Crippen molar-refractivity contribution in [1.29, 1.82) is 0 Å². The summed E-state index contributed by atoms with van der Waals surface area (Å²) < 4.78 is 0. The molecule has 1 aliphatic carbocycles. The fourth-order valence-corrected chi connectivity index (χ4v) is 8.38. The second-order valence-electron chi connectivity index (χ2n) is 13.7. The van der Waals surface area contributed by atoms with Crippen LogP contribution < -0.4 is 0 Å². The molecule has 0 heterocycles. The maximum Gasteiger partial charge on any atom is 0.0159 e. The maximum atomic E-state index is 2.46. The number of benzene rings is 9. The minimum Gasteiger partial charge on any atom is -0.0616 e. The Balaban J connectivity index is 1.11. The summed E-state index contributed by atoms with van der Waals surface area (Å²) in [4.78, 5) is 0. The molecule has 0 N–H and O–H groups in total. The molecule has 47 heavy (non-hydrogen) atoms. The van der Waals surface area contributed by atoms with Crippen LogP contribution in [0.25, 0.3) is 87.2 Å². The molecule has 0 saturated carbocycles. The van der Waals surface area contributed by atoms with Crippen molar-refractivity contribution in [2.45, 2.75) is 19.3 Å². The van der Waals surface area contributed by atoms with Crippen LogP contribution in [0.2, 0.25) is 0 Å². The number of fused-ring (bicyclic) bond motifs is 11. The summed E-state index contributed by atoms with van der Waals surface area (Å²) in [6.45, 7) is 4.79. The van der Waals surface area contributed by atoms with Gasteiger partial charge in [0.2, 0.25) is 0 Å². The Hall–Kier alpha value is -5.72. The zero-order chi connectivity index (χ0) is 31.3. The molecule has 0 aliphatic heterocycles. The highest BCUT2D eigenvalue weighted by Crippen LogP contribution is 2.51. The lowest BCUT2D eigenvalue weighted by Crippen LogP contribution is -2.15. The molecule has 220 valence electrons. The molecule has 0 radical (unpaired) electrons. The van der Waals surface area contributed by atoms with Crippen LogP contribution in [0.5, 0.6) is 0 Å². The predicted octanol–water partition coefficient (Wildman–Crippen LogP) is 13.1. The highest BCUT2D eigenvalue weighted by atomic mass is 14.4. The zero-order valence-corrected chi connectivity index (χ0v) is 26.5. The van der Waals surface area contributed by atoms with Crippen LogP contribution in [0.15, 0.2) is 158 Å². The summed E-state index contributed by atoms with van der Waals surface area (Å²) in [6.07, 6.45) is 0. The van der Waals surface area contributed by atoms with E-state index in [1.54, 1.807) is 0 Å². The Morgan fingerprint density at radius 1 is 0.319 bits per heavy atom. The molecular formula is C47H32. The highest BCUT2D eigenvalue weighted by molar-refractivity contribution is 6.20. The standard InChI is InChI=1S/C47H32/c1-47(2)44-27-33(32-20-17-30-16-19-31-18-15-29-9-3-6-12-37(29)46(31)43(30)25-32)21-23-40(44)41-24-22-35(28-45(41)47)42-26-34-10-4-5-11-36(34)38-13-7-8-14-39(38)42/h3-28H,1-2H3. The van der Waals surface area contributed by atoms with Crippen molar-refractivity contribution in [3.63, 3.8) is 0 Å². The van der Waals surface area contributed by atoms with Crippen molar-refractivity contribution in [1.82, 2.24) is 0 Å². The molecule has 1 aliphatic rings. The Kier molecular flexibility index (Phi) is 5.44. The Labute approximate surface area is 274 Å². The number of hydrogen-bond acceptors (Lipinski definition) is 0. The fourth-order valence-electron chi connectivity index (χ4n) is 8.38. The third-order valence-corrected chi connectivity index (χ3v) is 10.8. The lowest BCUT2D eigenvalue weighted by Gasteiger charge is -2.23. The van der Waals surface area contributed by atoms with Crippen molar-refractivity contribution < 1.29 is 0 Å². The van der Waals surface area contributed by atoms with Crippen LogP contribution in [0.1, 0.15) is 25.0 Å². The second-order valence-corrected chi connectivity index (χ2v) is 13.7. The zero-order valence-electron chi connectivity index (χ0n) is 26.5. The first-order valence-corrected chi connectivity index (χ1v) is 16.6. The van der Waals surface area contributed by atoms with E-state index < -0.39 is 0 Å². The van der Waals surface area contributed by atoms with Crippen molar-refractivity contribution in [3.8, 4) is 33.4 Å². The minimum absolute atomic E-state index is 0.122. The summed E-state index contributed by atoms with van der Waals surface area (Å²) in [7, 11) is 0. The van der Waals surface area contributed by atoms with E-state index in [1.807, 2.05) is 0 Å². The largest absolute Gasteiger partial charge is 0.0616 e. The van der Waals surface area contributed by atoms with E-state index in [0.29, 0.717) is 0 Å². The lowest BCUT2D eigenvalue weighted by atomic mass is 9.80. The quantitative estimate of drug-likeness (QED) is 0.174. The third-order valence-electron chi connectivity index (χ3n) is 10.8. The van der Waals surface area contributed by atoms with Gasteiger partial charge in [-0.25, -0.2) is 0 Å². The average molecular weight is 597 g/mol. The van der Waals surface area contributed by atoms with Crippen molar-refractivity contribution >= 4 is 53.9 Å². The summed E-state index contributed by atoms with van der Waals surface area (Å²) in [5.74, 6) is 0. The number of rotatable bonds is 2. The normalized spacial score (nSPS) is 13.5. The lowest BCUT2D eigenvalue weighted by molar-refractivity contribution is 0.661. The van der Waals surface area contributed by atoms with Crippen LogP contribution in [0.4, 0.5) is 0 Å². The van der Waals surface area contributed by atoms with Gasteiger partial charge in [-0.1, -0.05) is 147 Å². The Morgan fingerprint density at radius 3 is 1.60 bits per heavy atom. The number of hydrogen-bond donors (Lipinski definition) is 0. The molecule has 0 amide bonds. The molecule has 0 heteroatoms. The van der Waals surface area contributed by atoms with Crippen molar-refractivity contribution in [2.24, 2.45) is 0 Å². The smallest absolute Gasteiger partial charge is 0.0159 e. The van der Waals surface area contributed by atoms with Crippen LogP contribution in [-0.4, -0.2) is 0 Å². The molecule has 9 aromatic carbocycles. The van der Waals surface area contributed by atoms with E-state index >= 15 is 0 Å². The van der Waals surface area contributed by atoms with E-state index in [0.717, 1.165) is 0 Å². The molecule has 0 fully saturated rings. The average Bonchev–Trinajstić information content (AvgIpc) is 3.35. The van der Waals surface area contributed by atoms with Crippen LogP contribution in [-0.2, 0) is 5.41 Å². The van der Waals surface area contributed by atoms with Gasteiger partial charge in [0.1, 0.15) is 0 Å². The van der Waals surface area contributed by atoms with Crippen LogP contribution in [0, 0.1) is 0 Å². The van der Waals surface area contributed by atoms with Gasteiger partial charge in [-0.15, -0.1) is 0 Å². The van der Waals surface area contributed by atoms with Gasteiger partial charge >= 0.3 is 0 Å². The van der Waals surface area contributed by atoms with E-state index in [2.05, 4.69) is 172 Å². The van der Waals surface area contributed by atoms with Crippen molar-refractivity contribution in [3.05, 3.63) is 169 Å². The molecule has 0 atom stereocenters. The monoisotopic (exact) mass is 596 g/mol.